The lowest BCUT2D eigenvalue weighted by Crippen LogP contribution is -2.00. The second-order valence-corrected chi connectivity index (χ2v) is 4.30. The molecular weight excluding hydrogens is 232 g/mol. The third kappa shape index (κ3) is 1.99. The maximum atomic E-state index is 11.4. The predicted octanol–water partition coefficient (Wildman–Crippen LogP) is 2.40. The molecule has 3 rings (SSSR count). The van der Waals surface area contributed by atoms with Crippen molar-refractivity contribution in [2.75, 3.05) is 7.11 Å². The summed E-state index contributed by atoms with van der Waals surface area (Å²) in [5.74, 6) is 1.26. The summed E-state index contributed by atoms with van der Waals surface area (Å²) in [7, 11) is 1.36. The van der Waals surface area contributed by atoms with E-state index in [0.29, 0.717) is 23.2 Å². The summed E-state index contributed by atoms with van der Waals surface area (Å²) in [5.41, 5.74) is 1.24. The van der Waals surface area contributed by atoms with E-state index in [9.17, 15) is 4.79 Å². The number of benzene rings is 1. The van der Waals surface area contributed by atoms with Gasteiger partial charge in [0.25, 0.3) is 0 Å². The molecule has 0 spiro atoms. The average molecular weight is 244 g/mol. The van der Waals surface area contributed by atoms with Gasteiger partial charge in [-0.25, -0.2) is 4.79 Å². The number of ether oxygens (including phenoxy) is 1. The Kier molecular flexibility index (Phi) is 2.59. The zero-order valence-electron chi connectivity index (χ0n) is 9.92. The number of aromatic nitrogens is 2. The highest BCUT2D eigenvalue weighted by atomic mass is 16.5. The smallest absolute Gasteiger partial charge is 0.337 e. The lowest BCUT2D eigenvalue weighted by Gasteiger charge is -2.00. The van der Waals surface area contributed by atoms with Crippen LogP contribution in [0.4, 0.5) is 0 Å². The first-order valence-corrected chi connectivity index (χ1v) is 5.80. The van der Waals surface area contributed by atoms with Crippen molar-refractivity contribution in [3.63, 3.8) is 0 Å². The van der Waals surface area contributed by atoms with E-state index in [0.717, 1.165) is 18.4 Å². The van der Waals surface area contributed by atoms with Crippen molar-refractivity contribution in [1.29, 1.82) is 0 Å². The van der Waals surface area contributed by atoms with Crippen molar-refractivity contribution in [1.82, 2.24) is 10.1 Å². The summed E-state index contributed by atoms with van der Waals surface area (Å²) in [6.45, 7) is 0. The minimum Gasteiger partial charge on any atom is -0.465 e. The Morgan fingerprint density at radius 1 is 1.44 bits per heavy atom. The highest BCUT2D eigenvalue weighted by Gasteiger charge is 2.29. The molecule has 0 atom stereocenters. The van der Waals surface area contributed by atoms with Gasteiger partial charge in [0, 0.05) is 11.5 Å². The van der Waals surface area contributed by atoms with Crippen LogP contribution in [0.2, 0.25) is 0 Å². The van der Waals surface area contributed by atoms with Gasteiger partial charge in [-0.15, -0.1) is 0 Å². The molecule has 1 heterocycles. The number of carbonyl (C=O) groups is 1. The molecule has 1 aromatic heterocycles. The fourth-order valence-electron chi connectivity index (χ4n) is 1.75. The second kappa shape index (κ2) is 4.25. The molecule has 0 unspecified atom stereocenters. The molecule has 1 saturated carbocycles. The first kappa shape index (κ1) is 11.0. The molecule has 0 radical (unpaired) electrons. The third-order valence-electron chi connectivity index (χ3n) is 2.91. The summed E-state index contributed by atoms with van der Waals surface area (Å²) >= 11 is 0. The third-order valence-corrected chi connectivity index (χ3v) is 2.91. The van der Waals surface area contributed by atoms with E-state index in [1.165, 1.54) is 7.11 Å². The molecule has 1 aliphatic rings. The lowest BCUT2D eigenvalue weighted by atomic mass is 10.1. The van der Waals surface area contributed by atoms with E-state index in [2.05, 4.69) is 14.9 Å². The van der Waals surface area contributed by atoms with Crippen molar-refractivity contribution >= 4 is 5.97 Å². The minimum atomic E-state index is -0.372. The number of nitrogens with zero attached hydrogens (tertiary/aromatic N) is 2. The van der Waals surface area contributed by atoms with Crippen LogP contribution >= 0.6 is 0 Å². The number of methoxy groups -OCH3 is 1. The van der Waals surface area contributed by atoms with Crippen LogP contribution in [0, 0.1) is 0 Å². The molecule has 0 N–H and O–H groups in total. The zero-order valence-corrected chi connectivity index (χ0v) is 9.92. The monoisotopic (exact) mass is 244 g/mol. The topological polar surface area (TPSA) is 65.2 Å². The largest absolute Gasteiger partial charge is 0.465 e. The van der Waals surface area contributed by atoms with Gasteiger partial charge in [0.15, 0.2) is 0 Å². The van der Waals surface area contributed by atoms with Gasteiger partial charge >= 0.3 is 5.97 Å². The highest BCUT2D eigenvalue weighted by molar-refractivity contribution is 5.90. The second-order valence-electron chi connectivity index (χ2n) is 4.30. The van der Waals surface area contributed by atoms with E-state index in [1.54, 1.807) is 18.2 Å². The first-order valence-electron chi connectivity index (χ1n) is 5.80. The molecular formula is C13H12N2O3. The molecule has 5 nitrogen and oxygen atoms in total. The fraction of sp³-hybridized carbons (Fsp3) is 0.308. The Morgan fingerprint density at radius 3 is 3.00 bits per heavy atom. The molecule has 5 heteroatoms. The van der Waals surface area contributed by atoms with E-state index in [1.807, 2.05) is 6.07 Å². The van der Waals surface area contributed by atoms with Crippen LogP contribution in [0.3, 0.4) is 0 Å². The average Bonchev–Trinajstić information content (AvgIpc) is 3.15. The van der Waals surface area contributed by atoms with E-state index in [-0.39, 0.29) is 5.97 Å². The van der Waals surface area contributed by atoms with Crippen molar-refractivity contribution in [2.24, 2.45) is 0 Å². The van der Waals surface area contributed by atoms with E-state index < -0.39 is 0 Å². The van der Waals surface area contributed by atoms with Gasteiger partial charge in [-0.1, -0.05) is 17.3 Å². The summed E-state index contributed by atoms with van der Waals surface area (Å²) in [5, 5.41) is 3.94. The van der Waals surface area contributed by atoms with Crippen LogP contribution in [-0.2, 0) is 4.74 Å². The van der Waals surface area contributed by atoms with E-state index in [4.69, 9.17) is 4.52 Å². The number of carbonyl (C=O) groups excluding carboxylic acids is 1. The zero-order chi connectivity index (χ0) is 12.5. The van der Waals surface area contributed by atoms with Crippen molar-refractivity contribution in [3.8, 4) is 11.4 Å². The van der Waals surface area contributed by atoms with Crippen molar-refractivity contribution in [3.05, 3.63) is 35.7 Å². The molecule has 0 aliphatic heterocycles. The predicted molar refractivity (Wildman–Crippen MR) is 63.0 cm³/mol. The van der Waals surface area contributed by atoms with Crippen molar-refractivity contribution in [2.45, 2.75) is 18.8 Å². The van der Waals surface area contributed by atoms with Crippen LogP contribution < -0.4 is 0 Å². The SMILES string of the molecule is COC(=O)c1cccc(-c2noc(C3CC3)n2)c1. The molecule has 18 heavy (non-hydrogen) atoms. The molecule has 1 aromatic carbocycles. The Morgan fingerprint density at radius 2 is 2.28 bits per heavy atom. The standard InChI is InChI=1S/C13H12N2O3/c1-17-13(16)10-4-2-3-9(7-10)11-14-12(18-15-11)8-5-6-8/h2-4,7-8H,5-6H2,1H3. The highest BCUT2D eigenvalue weighted by Crippen LogP contribution is 2.39. The van der Waals surface area contributed by atoms with Gasteiger partial charge in [0.1, 0.15) is 0 Å². The van der Waals surface area contributed by atoms with Crippen LogP contribution in [0.1, 0.15) is 35.0 Å². The summed E-state index contributed by atoms with van der Waals surface area (Å²) in [6.07, 6.45) is 2.23. The summed E-state index contributed by atoms with van der Waals surface area (Å²) in [6, 6.07) is 7.01. The van der Waals surface area contributed by atoms with Crippen LogP contribution in [0.15, 0.2) is 28.8 Å². The Bertz CT molecular complexity index is 587. The Hall–Kier alpha value is -2.17. The molecule has 0 bridgehead atoms. The summed E-state index contributed by atoms with van der Waals surface area (Å²) in [4.78, 5) is 15.8. The van der Waals surface area contributed by atoms with E-state index >= 15 is 0 Å². The molecule has 92 valence electrons. The fourth-order valence-corrected chi connectivity index (χ4v) is 1.75. The van der Waals surface area contributed by atoms with Gasteiger partial charge in [0.05, 0.1) is 12.7 Å². The number of hydrogen-bond donors (Lipinski definition) is 0. The van der Waals surface area contributed by atoms with Gasteiger partial charge in [-0.3, -0.25) is 0 Å². The molecule has 0 amide bonds. The van der Waals surface area contributed by atoms with Gasteiger partial charge in [-0.2, -0.15) is 4.98 Å². The molecule has 0 saturated heterocycles. The Balaban J connectivity index is 1.92. The summed E-state index contributed by atoms with van der Waals surface area (Å²) < 4.78 is 9.87. The van der Waals surface area contributed by atoms with Crippen molar-refractivity contribution < 1.29 is 14.1 Å². The first-order chi connectivity index (χ1) is 8.78. The number of rotatable bonds is 3. The number of hydrogen-bond acceptors (Lipinski definition) is 5. The van der Waals surface area contributed by atoms with Crippen LogP contribution in [0.25, 0.3) is 11.4 Å². The maximum absolute atomic E-state index is 11.4. The quantitative estimate of drug-likeness (QED) is 0.775. The Labute approximate surface area is 104 Å². The van der Waals surface area contributed by atoms with Crippen LogP contribution in [-0.4, -0.2) is 23.2 Å². The molecule has 1 fully saturated rings. The van der Waals surface area contributed by atoms with Gasteiger partial charge in [0.2, 0.25) is 11.7 Å². The maximum Gasteiger partial charge on any atom is 0.337 e. The normalized spacial score (nSPS) is 14.5. The molecule has 1 aliphatic carbocycles. The number of esters is 1. The lowest BCUT2D eigenvalue weighted by molar-refractivity contribution is 0.0601. The minimum absolute atomic E-state index is 0.372. The van der Waals surface area contributed by atoms with Gasteiger partial charge < -0.3 is 9.26 Å². The van der Waals surface area contributed by atoms with Crippen LogP contribution in [0.5, 0.6) is 0 Å². The van der Waals surface area contributed by atoms with Gasteiger partial charge in [-0.05, 0) is 25.0 Å². The molecule has 2 aromatic rings.